The lowest BCUT2D eigenvalue weighted by atomic mass is 9.81. The van der Waals surface area contributed by atoms with Crippen molar-refractivity contribution in [1.82, 2.24) is 4.98 Å². The summed E-state index contributed by atoms with van der Waals surface area (Å²) in [6.07, 6.45) is 5.71. The summed E-state index contributed by atoms with van der Waals surface area (Å²) in [5.41, 5.74) is 6.08. The maximum absolute atomic E-state index is 10.8. The number of nitrogens with two attached hydrogens (primary N) is 1. The van der Waals surface area contributed by atoms with Gasteiger partial charge >= 0.3 is 6.03 Å². The van der Waals surface area contributed by atoms with Gasteiger partial charge in [-0.2, -0.15) is 0 Å². The Morgan fingerprint density at radius 1 is 1.50 bits per heavy atom. The Hall–Kier alpha value is -1.84. The summed E-state index contributed by atoms with van der Waals surface area (Å²) in [6, 6.07) is 7.12. The number of hydrogen-bond donors (Lipinski definition) is 2. The Labute approximate surface area is 129 Å². The molecule has 0 fully saturated rings. The van der Waals surface area contributed by atoms with E-state index in [1.807, 2.05) is 36.6 Å². The average molecular weight is 350 g/mol. The molecule has 0 saturated carbocycles. The highest BCUT2D eigenvalue weighted by Crippen LogP contribution is 2.33. The molecular weight excluding hydrogens is 338 g/mol. The molecule has 102 valence electrons. The van der Waals surface area contributed by atoms with Gasteiger partial charge in [-0.3, -0.25) is 5.32 Å². The molecule has 1 heterocycles. The van der Waals surface area contributed by atoms with Crippen LogP contribution in [0.3, 0.4) is 0 Å². The number of thiazole rings is 1. The van der Waals surface area contributed by atoms with Crippen molar-refractivity contribution >= 4 is 38.4 Å². The topological polar surface area (TPSA) is 68.0 Å². The Morgan fingerprint density at radius 3 is 2.70 bits per heavy atom. The minimum absolute atomic E-state index is 0.436. The maximum atomic E-state index is 10.8. The van der Waals surface area contributed by atoms with Crippen molar-refractivity contribution in [3.8, 4) is 12.3 Å². The number of carbonyl (C=O) groups is 1. The smallest absolute Gasteiger partial charge is 0.318 e. The van der Waals surface area contributed by atoms with Crippen molar-refractivity contribution in [2.75, 3.05) is 5.32 Å². The molecule has 1 aromatic carbocycles. The number of nitrogens with one attached hydrogen (secondary N) is 1. The summed E-state index contributed by atoms with van der Waals surface area (Å²) in [6.45, 7) is 1.92. The average Bonchev–Trinajstić information content (AvgIpc) is 2.87. The van der Waals surface area contributed by atoms with E-state index in [1.165, 1.54) is 11.3 Å². The first-order valence-corrected chi connectivity index (χ1v) is 7.39. The molecule has 6 heteroatoms. The van der Waals surface area contributed by atoms with Gasteiger partial charge in [0.1, 0.15) is 0 Å². The van der Waals surface area contributed by atoms with E-state index in [4.69, 9.17) is 12.2 Å². The number of primary amides is 1. The van der Waals surface area contributed by atoms with E-state index in [0.717, 1.165) is 10.0 Å². The molecule has 2 rings (SSSR count). The third-order valence-electron chi connectivity index (χ3n) is 2.96. The van der Waals surface area contributed by atoms with Gasteiger partial charge in [0.15, 0.2) is 5.13 Å². The molecule has 1 atom stereocenters. The molecule has 0 saturated heterocycles. The van der Waals surface area contributed by atoms with Crippen LogP contribution in [0.2, 0.25) is 0 Å². The zero-order chi connectivity index (χ0) is 14.8. The summed E-state index contributed by atoms with van der Waals surface area (Å²) >= 11 is 4.69. The number of hydrogen-bond acceptors (Lipinski definition) is 3. The quantitative estimate of drug-likeness (QED) is 0.834. The second-order valence-electron chi connectivity index (χ2n) is 4.30. The highest BCUT2D eigenvalue weighted by atomic mass is 79.9. The summed E-state index contributed by atoms with van der Waals surface area (Å²) < 4.78 is 0.981. The van der Waals surface area contributed by atoms with Crippen molar-refractivity contribution in [2.24, 2.45) is 5.73 Å². The molecule has 0 aliphatic heterocycles. The van der Waals surface area contributed by atoms with Gasteiger partial charge in [-0.05, 0) is 24.6 Å². The van der Waals surface area contributed by atoms with Crippen LogP contribution in [0.1, 0.15) is 18.2 Å². The molecule has 0 bridgehead atoms. The normalized spacial score (nSPS) is 13.2. The fourth-order valence-corrected chi connectivity index (χ4v) is 2.84. The minimum Gasteiger partial charge on any atom is -0.351 e. The van der Waals surface area contributed by atoms with E-state index in [0.29, 0.717) is 10.8 Å². The Balaban J connectivity index is 2.40. The number of anilines is 1. The number of benzene rings is 1. The van der Waals surface area contributed by atoms with Gasteiger partial charge in [-0.25, -0.2) is 9.78 Å². The highest BCUT2D eigenvalue weighted by molar-refractivity contribution is 9.10. The molecule has 1 aromatic heterocycles. The Morgan fingerprint density at radius 2 is 2.15 bits per heavy atom. The van der Waals surface area contributed by atoms with Crippen LogP contribution in [0.15, 0.2) is 34.1 Å². The van der Waals surface area contributed by atoms with Crippen molar-refractivity contribution in [3.05, 3.63) is 45.4 Å². The van der Waals surface area contributed by atoms with Gasteiger partial charge in [0, 0.05) is 9.85 Å². The second-order valence-corrected chi connectivity index (χ2v) is 6.08. The van der Waals surface area contributed by atoms with Crippen LogP contribution in [0.5, 0.6) is 0 Å². The van der Waals surface area contributed by atoms with E-state index in [1.54, 1.807) is 0 Å². The van der Waals surface area contributed by atoms with E-state index in [9.17, 15) is 4.79 Å². The molecule has 0 aliphatic carbocycles. The number of amides is 2. The predicted octanol–water partition coefficient (Wildman–Crippen LogP) is 3.34. The van der Waals surface area contributed by atoms with Crippen molar-refractivity contribution in [2.45, 2.75) is 12.3 Å². The van der Waals surface area contributed by atoms with Gasteiger partial charge in [-0.15, -0.1) is 17.8 Å². The van der Waals surface area contributed by atoms with E-state index in [2.05, 4.69) is 32.2 Å². The summed E-state index contributed by atoms with van der Waals surface area (Å²) in [4.78, 5) is 15.2. The van der Waals surface area contributed by atoms with E-state index < -0.39 is 11.4 Å². The van der Waals surface area contributed by atoms with Crippen LogP contribution < -0.4 is 11.1 Å². The number of carbonyl (C=O) groups excluding carboxylic acids is 1. The fraction of sp³-hybridized carbons (Fsp3) is 0.143. The number of terminal acetylenes is 1. The molecule has 4 nitrogen and oxygen atoms in total. The van der Waals surface area contributed by atoms with Crippen LogP contribution in [-0.2, 0) is 5.41 Å². The number of rotatable bonds is 3. The summed E-state index contributed by atoms with van der Waals surface area (Å²) in [7, 11) is 0. The molecule has 0 radical (unpaired) electrons. The van der Waals surface area contributed by atoms with Crippen molar-refractivity contribution < 1.29 is 4.79 Å². The first-order valence-electron chi connectivity index (χ1n) is 5.72. The molecule has 2 amide bonds. The molecule has 0 unspecified atom stereocenters. The van der Waals surface area contributed by atoms with E-state index in [-0.39, 0.29) is 0 Å². The van der Waals surface area contributed by atoms with Crippen molar-refractivity contribution in [1.29, 1.82) is 0 Å². The van der Waals surface area contributed by atoms with E-state index >= 15 is 0 Å². The van der Waals surface area contributed by atoms with Crippen LogP contribution in [0.4, 0.5) is 9.93 Å². The monoisotopic (exact) mass is 349 g/mol. The molecule has 0 spiro atoms. The lowest BCUT2D eigenvalue weighted by Crippen LogP contribution is -2.23. The van der Waals surface area contributed by atoms with Gasteiger partial charge in [-0.1, -0.05) is 34.0 Å². The van der Waals surface area contributed by atoms with Crippen molar-refractivity contribution in [3.63, 3.8) is 0 Å². The van der Waals surface area contributed by atoms with Gasteiger partial charge in [0.05, 0.1) is 11.1 Å². The first kappa shape index (κ1) is 14.6. The van der Waals surface area contributed by atoms with Crippen LogP contribution in [0, 0.1) is 12.3 Å². The van der Waals surface area contributed by atoms with Crippen LogP contribution in [0.25, 0.3) is 0 Å². The third kappa shape index (κ3) is 2.84. The Bertz CT molecular complexity index is 674. The van der Waals surface area contributed by atoms with Gasteiger partial charge in [0.2, 0.25) is 0 Å². The molecule has 0 aliphatic rings. The number of nitrogens with zero attached hydrogens (tertiary/aromatic N) is 1. The maximum Gasteiger partial charge on any atom is 0.318 e. The predicted molar refractivity (Wildman–Crippen MR) is 84.7 cm³/mol. The van der Waals surface area contributed by atoms with Gasteiger partial charge < -0.3 is 5.73 Å². The first-order chi connectivity index (χ1) is 9.45. The molecular formula is C14H12BrN3OS. The standard InChI is InChI=1S/C14H12BrN3OS/c1-3-14(2,9-4-6-10(15)7-5-9)11-8-20-13(17-11)18-12(16)19/h1,4-8H,2H3,(H3,16,17,18,19)/t14-/m0/s1. The fourth-order valence-electron chi connectivity index (χ4n) is 1.75. The number of urea groups is 1. The van der Waals surface area contributed by atoms with Crippen LogP contribution >= 0.6 is 27.3 Å². The van der Waals surface area contributed by atoms with Crippen LogP contribution in [-0.4, -0.2) is 11.0 Å². The largest absolute Gasteiger partial charge is 0.351 e. The second kappa shape index (κ2) is 5.65. The lowest BCUT2D eigenvalue weighted by Gasteiger charge is -2.22. The zero-order valence-electron chi connectivity index (χ0n) is 10.7. The number of halogens is 1. The van der Waals surface area contributed by atoms with Gasteiger partial charge in [0.25, 0.3) is 0 Å². The molecule has 3 N–H and O–H groups in total. The Kier molecular flexibility index (Phi) is 4.12. The third-order valence-corrected chi connectivity index (χ3v) is 4.24. The molecule has 2 aromatic rings. The minimum atomic E-state index is -0.658. The number of aromatic nitrogens is 1. The lowest BCUT2D eigenvalue weighted by molar-refractivity contribution is 0.259. The molecule has 20 heavy (non-hydrogen) atoms. The SMILES string of the molecule is C#C[C@@](C)(c1ccc(Br)cc1)c1csc(NC(N)=O)n1. The zero-order valence-corrected chi connectivity index (χ0v) is 13.1. The highest BCUT2D eigenvalue weighted by Gasteiger charge is 2.29. The summed E-state index contributed by atoms with van der Waals surface area (Å²) in [5.74, 6) is 2.78. The summed E-state index contributed by atoms with van der Waals surface area (Å²) in [5, 5.41) is 4.71.